The first-order valence-electron chi connectivity index (χ1n) is 5.72. The van der Waals surface area contributed by atoms with Crippen molar-refractivity contribution < 1.29 is 23.1 Å². The Morgan fingerprint density at radius 2 is 2.05 bits per heavy atom. The molecule has 0 bridgehead atoms. The molecule has 7 heteroatoms. The van der Waals surface area contributed by atoms with Gasteiger partial charge in [-0.15, -0.1) is 0 Å². The smallest absolute Gasteiger partial charge is 0.433 e. The van der Waals surface area contributed by atoms with E-state index >= 15 is 0 Å². The summed E-state index contributed by atoms with van der Waals surface area (Å²) in [6.45, 7) is 3.57. The monoisotopic (exact) mass is 276 g/mol. The molecular formula is C12H15F3N2O2. The van der Waals surface area contributed by atoms with Crippen LogP contribution in [-0.2, 0) is 11.0 Å². The van der Waals surface area contributed by atoms with Gasteiger partial charge in [0.2, 0.25) is 0 Å². The number of carboxylic acids is 1. The number of hydrogen-bond acceptors (Lipinski definition) is 3. The van der Waals surface area contributed by atoms with Crippen LogP contribution in [0.25, 0.3) is 0 Å². The van der Waals surface area contributed by atoms with Gasteiger partial charge in [0, 0.05) is 6.04 Å². The molecule has 0 saturated heterocycles. The molecule has 0 amide bonds. The third-order valence-corrected chi connectivity index (χ3v) is 2.57. The molecule has 0 radical (unpaired) electrons. The topological polar surface area (TPSA) is 62.2 Å². The first kappa shape index (κ1) is 15.3. The molecule has 1 heterocycles. The van der Waals surface area contributed by atoms with Crippen molar-refractivity contribution in [2.45, 2.75) is 32.5 Å². The van der Waals surface area contributed by atoms with Gasteiger partial charge in [-0.05, 0) is 18.1 Å². The van der Waals surface area contributed by atoms with Crippen LogP contribution in [0.3, 0.4) is 0 Å². The van der Waals surface area contributed by atoms with Crippen molar-refractivity contribution in [3.05, 3.63) is 23.9 Å². The molecular weight excluding hydrogens is 261 g/mol. The fourth-order valence-electron chi connectivity index (χ4n) is 1.50. The van der Waals surface area contributed by atoms with Gasteiger partial charge in [0.05, 0.1) is 6.42 Å². The zero-order chi connectivity index (χ0) is 14.6. The molecule has 1 rings (SSSR count). The number of alkyl halides is 3. The van der Waals surface area contributed by atoms with E-state index in [0.29, 0.717) is 0 Å². The van der Waals surface area contributed by atoms with Crippen LogP contribution in [0.1, 0.15) is 26.0 Å². The van der Waals surface area contributed by atoms with Crippen molar-refractivity contribution in [3.63, 3.8) is 0 Å². The number of anilines is 1. The van der Waals surface area contributed by atoms with E-state index in [4.69, 9.17) is 5.11 Å². The summed E-state index contributed by atoms with van der Waals surface area (Å²) in [6, 6.07) is 3.00. The fourth-order valence-corrected chi connectivity index (χ4v) is 1.50. The Balaban J connectivity index is 2.88. The maximum atomic E-state index is 12.5. The minimum absolute atomic E-state index is 0.0229. The van der Waals surface area contributed by atoms with Crippen LogP contribution in [0.2, 0.25) is 0 Å². The molecule has 19 heavy (non-hydrogen) atoms. The molecule has 0 aliphatic rings. The van der Waals surface area contributed by atoms with Gasteiger partial charge in [0.15, 0.2) is 0 Å². The van der Waals surface area contributed by atoms with Gasteiger partial charge in [-0.25, -0.2) is 4.98 Å². The normalized spacial score (nSPS) is 13.4. The molecule has 0 spiro atoms. The average Bonchev–Trinajstić information content (AvgIpc) is 2.26. The molecule has 1 aromatic rings. The Morgan fingerprint density at radius 3 is 2.53 bits per heavy atom. The first-order chi connectivity index (χ1) is 8.70. The van der Waals surface area contributed by atoms with E-state index in [1.54, 1.807) is 13.8 Å². The second-order valence-corrected chi connectivity index (χ2v) is 4.50. The van der Waals surface area contributed by atoms with Gasteiger partial charge >= 0.3 is 12.1 Å². The number of hydrogen-bond donors (Lipinski definition) is 2. The van der Waals surface area contributed by atoms with Gasteiger partial charge in [0.1, 0.15) is 11.5 Å². The predicted octanol–water partition coefficient (Wildman–Crippen LogP) is 3.01. The van der Waals surface area contributed by atoms with Crippen molar-refractivity contribution in [2.24, 2.45) is 5.92 Å². The van der Waals surface area contributed by atoms with Crippen LogP contribution in [0, 0.1) is 5.92 Å². The highest BCUT2D eigenvalue weighted by Crippen LogP contribution is 2.28. The molecule has 1 unspecified atom stereocenters. The summed E-state index contributed by atoms with van der Waals surface area (Å²) in [5.41, 5.74) is -1.00. The van der Waals surface area contributed by atoms with E-state index in [1.165, 1.54) is 12.1 Å². The van der Waals surface area contributed by atoms with Gasteiger partial charge in [-0.3, -0.25) is 4.79 Å². The van der Waals surface area contributed by atoms with Crippen LogP contribution in [0.4, 0.5) is 19.0 Å². The maximum absolute atomic E-state index is 12.5. The summed E-state index contributed by atoms with van der Waals surface area (Å²) in [7, 11) is 0. The van der Waals surface area contributed by atoms with Gasteiger partial charge < -0.3 is 10.4 Å². The third-order valence-electron chi connectivity index (χ3n) is 2.57. The number of aromatic nitrogens is 1. The van der Waals surface area contributed by atoms with E-state index in [0.717, 1.165) is 6.07 Å². The van der Waals surface area contributed by atoms with E-state index in [2.05, 4.69) is 10.3 Å². The molecule has 2 N–H and O–H groups in total. The van der Waals surface area contributed by atoms with E-state index in [9.17, 15) is 18.0 Å². The number of carboxylic acid groups (broad SMARTS) is 1. The number of rotatable bonds is 5. The number of carbonyl (C=O) groups is 1. The minimum Gasteiger partial charge on any atom is -0.481 e. The molecule has 0 aromatic carbocycles. The highest BCUT2D eigenvalue weighted by molar-refractivity contribution is 5.68. The Morgan fingerprint density at radius 1 is 1.42 bits per heavy atom. The van der Waals surface area contributed by atoms with Gasteiger partial charge in [0.25, 0.3) is 0 Å². The Kier molecular flexibility index (Phi) is 4.74. The lowest BCUT2D eigenvalue weighted by molar-refractivity contribution is -0.141. The Labute approximate surface area is 108 Å². The summed E-state index contributed by atoms with van der Waals surface area (Å²) < 4.78 is 37.5. The van der Waals surface area contributed by atoms with Crippen LogP contribution in [0.5, 0.6) is 0 Å². The van der Waals surface area contributed by atoms with E-state index < -0.39 is 23.9 Å². The quantitative estimate of drug-likeness (QED) is 0.867. The standard InChI is InChI=1S/C12H15F3N2O2/c1-7(2)8(6-11(18)19)16-10-5-3-4-9(17-10)12(13,14)15/h3-5,7-8H,6H2,1-2H3,(H,16,17)(H,18,19). The number of nitrogens with one attached hydrogen (secondary N) is 1. The molecule has 0 aliphatic carbocycles. The van der Waals surface area contributed by atoms with Crippen LogP contribution in [-0.4, -0.2) is 22.1 Å². The summed E-state index contributed by atoms with van der Waals surface area (Å²) in [5.74, 6) is -1.04. The fraction of sp³-hybridized carbons (Fsp3) is 0.500. The number of halogens is 3. The molecule has 106 valence electrons. The highest BCUT2D eigenvalue weighted by Gasteiger charge is 2.32. The van der Waals surface area contributed by atoms with Crippen molar-refractivity contribution in [2.75, 3.05) is 5.32 Å². The molecule has 0 saturated carbocycles. The summed E-state index contributed by atoms with van der Waals surface area (Å²) in [5, 5.41) is 11.5. The predicted molar refractivity (Wildman–Crippen MR) is 63.7 cm³/mol. The van der Waals surface area contributed by atoms with Crippen molar-refractivity contribution in [1.29, 1.82) is 0 Å². The number of nitrogens with zero attached hydrogens (tertiary/aromatic N) is 1. The number of pyridine rings is 1. The molecule has 1 atom stereocenters. The van der Waals surface area contributed by atoms with E-state index in [1.807, 2.05) is 0 Å². The first-order valence-corrected chi connectivity index (χ1v) is 5.72. The maximum Gasteiger partial charge on any atom is 0.433 e. The van der Waals surface area contributed by atoms with E-state index in [-0.39, 0.29) is 18.2 Å². The largest absolute Gasteiger partial charge is 0.481 e. The lowest BCUT2D eigenvalue weighted by Crippen LogP contribution is -2.29. The van der Waals surface area contributed by atoms with Crippen LogP contribution >= 0.6 is 0 Å². The van der Waals surface area contributed by atoms with Crippen molar-refractivity contribution in [1.82, 2.24) is 4.98 Å². The van der Waals surface area contributed by atoms with Crippen molar-refractivity contribution in [3.8, 4) is 0 Å². The lowest BCUT2D eigenvalue weighted by atomic mass is 10.0. The highest BCUT2D eigenvalue weighted by atomic mass is 19.4. The molecule has 0 aliphatic heterocycles. The van der Waals surface area contributed by atoms with Crippen LogP contribution < -0.4 is 5.32 Å². The van der Waals surface area contributed by atoms with Crippen LogP contribution in [0.15, 0.2) is 18.2 Å². The summed E-state index contributed by atoms with van der Waals surface area (Å²) in [6.07, 6.45) is -4.70. The summed E-state index contributed by atoms with van der Waals surface area (Å²) in [4.78, 5) is 14.1. The van der Waals surface area contributed by atoms with Gasteiger partial charge in [-0.1, -0.05) is 19.9 Å². The zero-order valence-electron chi connectivity index (χ0n) is 10.5. The second kappa shape index (κ2) is 5.90. The molecule has 1 aromatic heterocycles. The second-order valence-electron chi connectivity index (χ2n) is 4.50. The summed E-state index contributed by atoms with van der Waals surface area (Å²) >= 11 is 0. The minimum atomic E-state index is -4.52. The average molecular weight is 276 g/mol. The molecule has 4 nitrogen and oxygen atoms in total. The Hall–Kier alpha value is -1.79. The SMILES string of the molecule is CC(C)C(CC(=O)O)Nc1cccc(C(F)(F)F)n1. The number of aliphatic carboxylic acids is 1. The molecule has 0 fully saturated rings. The van der Waals surface area contributed by atoms with Gasteiger partial charge in [-0.2, -0.15) is 13.2 Å². The zero-order valence-corrected chi connectivity index (χ0v) is 10.5. The van der Waals surface area contributed by atoms with Crippen molar-refractivity contribution >= 4 is 11.8 Å². The Bertz CT molecular complexity index is 447. The third kappa shape index (κ3) is 4.76. The lowest BCUT2D eigenvalue weighted by Gasteiger charge is -2.21.